The first-order chi connectivity index (χ1) is 17.5. The number of halogens is 1. The highest BCUT2D eigenvalue weighted by atomic mass is 79.9. The summed E-state index contributed by atoms with van der Waals surface area (Å²) in [6.07, 6.45) is 1.47. The zero-order valence-corrected chi connectivity index (χ0v) is 21.7. The van der Waals surface area contributed by atoms with Crippen LogP contribution in [0.3, 0.4) is 0 Å². The van der Waals surface area contributed by atoms with E-state index < -0.39 is 12.3 Å². The molecule has 0 aliphatic carbocycles. The van der Waals surface area contributed by atoms with Crippen molar-refractivity contribution in [1.82, 2.24) is 24.6 Å². The fourth-order valence-electron chi connectivity index (χ4n) is 4.55. The van der Waals surface area contributed by atoms with Gasteiger partial charge >= 0.3 is 5.69 Å². The molecule has 2 N–H and O–H groups in total. The standard InChI is InChI=1S/C26H22BrN5O3S/c1-15-24(33)31(10-8-16-2-7-21-22(12-16)29-26(34)28-21)25(35-15)20-13-32(19-5-3-18(27)4-6-19)30-23(20)17-9-11-36-14-17/h2-7,9,11-15,25H,8,10H2,1H3,(H2,28,29,34)/t15-,25+/m1/s1. The van der Waals surface area contributed by atoms with E-state index in [0.717, 1.165) is 43.6 Å². The molecule has 2 aromatic carbocycles. The molecule has 10 heteroatoms. The van der Waals surface area contributed by atoms with Gasteiger partial charge in [-0.1, -0.05) is 22.0 Å². The highest BCUT2D eigenvalue weighted by Gasteiger charge is 2.40. The number of rotatable bonds is 6. The zero-order valence-electron chi connectivity index (χ0n) is 19.3. The molecule has 1 amide bonds. The Labute approximate surface area is 218 Å². The largest absolute Gasteiger partial charge is 0.341 e. The lowest BCUT2D eigenvalue weighted by atomic mass is 10.1. The van der Waals surface area contributed by atoms with Crippen molar-refractivity contribution in [3.8, 4) is 16.9 Å². The van der Waals surface area contributed by atoms with Gasteiger partial charge in [-0.2, -0.15) is 16.4 Å². The molecule has 1 saturated heterocycles. The number of imidazole rings is 1. The lowest BCUT2D eigenvalue weighted by Gasteiger charge is -2.23. The van der Waals surface area contributed by atoms with Gasteiger partial charge in [0, 0.05) is 33.7 Å². The number of carbonyl (C=O) groups excluding carboxylic acids is 1. The number of carbonyl (C=O) groups is 1. The Morgan fingerprint density at radius 2 is 1.89 bits per heavy atom. The van der Waals surface area contributed by atoms with E-state index in [1.807, 2.05) is 64.8 Å². The first kappa shape index (κ1) is 23.0. The molecule has 0 bridgehead atoms. The fraction of sp³-hybridized carbons (Fsp3) is 0.192. The molecule has 2 atom stereocenters. The highest BCUT2D eigenvalue weighted by molar-refractivity contribution is 9.10. The smallest absolute Gasteiger partial charge is 0.323 e. The van der Waals surface area contributed by atoms with E-state index in [1.165, 1.54) is 0 Å². The van der Waals surface area contributed by atoms with Crippen molar-refractivity contribution < 1.29 is 9.53 Å². The van der Waals surface area contributed by atoms with Crippen LogP contribution in [0.5, 0.6) is 0 Å². The molecule has 1 fully saturated rings. The molecule has 1 aliphatic heterocycles. The maximum atomic E-state index is 13.2. The Morgan fingerprint density at radius 1 is 1.08 bits per heavy atom. The second-order valence-electron chi connectivity index (χ2n) is 8.74. The molecule has 182 valence electrons. The first-order valence-corrected chi connectivity index (χ1v) is 13.2. The molecule has 1 aliphatic rings. The zero-order chi connectivity index (χ0) is 24.8. The number of hydrogen-bond donors (Lipinski definition) is 2. The van der Waals surface area contributed by atoms with Gasteiger partial charge in [0.2, 0.25) is 0 Å². The van der Waals surface area contributed by atoms with Crippen LogP contribution >= 0.6 is 27.3 Å². The van der Waals surface area contributed by atoms with Gasteiger partial charge in [0.1, 0.15) is 11.8 Å². The first-order valence-electron chi connectivity index (χ1n) is 11.5. The van der Waals surface area contributed by atoms with Crippen molar-refractivity contribution in [3.63, 3.8) is 0 Å². The number of benzene rings is 2. The van der Waals surface area contributed by atoms with Crippen LogP contribution in [-0.2, 0) is 16.0 Å². The fourth-order valence-corrected chi connectivity index (χ4v) is 5.45. The molecular formula is C26H22BrN5O3S. The third kappa shape index (κ3) is 4.21. The minimum Gasteiger partial charge on any atom is -0.341 e. The number of amides is 1. The molecule has 0 spiro atoms. The van der Waals surface area contributed by atoms with Gasteiger partial charge in [-0.25, -0.2) is 9.48 Å². The predicted molar refractivity (Wildman–Crippen MR) is 142 cm³/mol. The number of hydrogen-bond acceptors (Lipinski definition) is 5. The molecule has 0 saturated carbocycles. The molecule has 4 heterocycles. The van der Waals surface area contributed by atoms with Crippen LogP contribution < -0.4 is 5.69 Å². The van der Waals surface area contributed by atoms with Crippen molar-refractivity contribution in [3.05, 3.63) is 91.6 Å². The van der Waals surface area contributed by atoms with Crippen molar-refractivity contribution in [1.29, 1.82) is 0 Å². The summed E-state index contributed by atoms with van der Waals surface area (Å²) < 4.78 is 9.03. The van der Waals surface area contributed by atoms with E-state index in [0.29, 0.717) is 13.0 Å². The third-order valence-corrected chi connectivity index (χ3v) is 7.57. The highest BCUT2D eigenvalue weighted by Crippen LogP contribution is 2.38. The maximum Gasteiger partial charge on any atom is 0.323 e. The van der Waals surface area contributed by atoms with Crippen molar-refractivity contribution >= 4 is 44.2 Å². The van der Waals surface area contributed by atoms with Gasteiger partial charge in [0.25, 0.3) is 5.91 Å². The minimum atomic E-state index is -0.553. The summed E-state index contributed by atoms with van der Waals surface area (Å²) in [5, 5.41) is 8.95. The average molecular weight is 564 g/mol. The SMILES string of the molecule is C[C@H]1O[C@@H](c2cn(-c3ccc(Br)cc3)nc2-c2ccsc2)N(CCc2ccc3[nH]c(=O)[nH]c3c2)C1=O. The number of aromatic nitrogens is 4. The summed E-state index contributed by atoms with van der Waals surface area (Å²) >= 11 is 5.08. The Kier molecular flexibility index (Phi) is 5.87. The van der Waals surface area contributed by atoms with E-state index in [1.54, 1.807) is 23.2 Å². The number of fused-ring (bicyclic) bond motifs is 1. The summed E-state index contributed by atoms with van der Waals surface area (Å²) in [6.45, 7) is 2.26. The Hall–Kier alpha value is -3.47. The van der Waals surface area contributed by atoms with Crippen LogP contribution in [0, 0.1) is 0 Å². The molecule has 6 rings (SSSR count). The quantitative estimate of drug-likeness (QED) is 0.303. The van der Waals surface area contributed by atoms with Gasteiger partial charge < -0.3 is 19.6 Å². The summed E-state index contributed by atoms with van der Waals surface area (Å²) in [5.74, 6) is -0.0520. The molecule has 5 aromatic rings. The topological polar surface area (TPSA) is 96.0 Å². The van der Waals surface area contributed by atoms with Crippen LogP contribution in [0.15, 0.2) is 74.8 Å². The lowest BCUT2D eigenvalue weighted by molar-refractivity contribution is -0.130. The minimum absolute atomic E-state index is 0.0520. The molecule has 0 radical (unpaired) electrons. The maximum absolute atomic E-state index is 13.2. The van der Waals surface area contributed by atoms with Gasteiger partial charge in [-0.05, 0) is 66.8 Å². The van der Waals surface area contributed by atoms with Crippen LogP contribution in [0.2, 0.25) is 0 Å². The molecular weight excluding hydrogens is 542 g/mol. The number of H-pyrrole nitrogens is 2. The predicted octanol–water partition coefficient (Wildman–Crippen LogP) is 5.02. The number of nitrogens with zero attached hydrogens (tertiary/aromatic N) is 3. The van der Waals surface area contributed by atoms with Crippen LogP contribution in [-0.4, -0.2) is 43.2 Å². The van der Waals surface area contributed by atoms with E-state index in [-0.39, 0.29) is 11.6 Å². The van der Waals surface area contributed by atoms with Crippen LogP contribution in [0.1, 0.15) is 24.3 Å². The molecule has 36 heavy (non-hydrogen) atoms. The van der Waals surface area contributed by atoms with E-state index >= 15 is 0 Å². The second-order valence-corrected chi connectivity index (χ2v) is 10.4. The Bertz CT molecular complexity index is 1600. The second kappa shape index (κ2) is 9.20. The summed E-state index contributed by atoms with van der Waals surface area (Å²) in [5.41, 5.74) is 5.85. The monoisotopic (exact) mass is 563 g/mol. The number of thiophene rings is 1. The van der Waals surface area contributed by atoms with E-state index in [4.69, 9.17) is 9.84 Å². The van der Waals surface area contributed by atoms with Crippen LogP contribution in [0.25, 0.3) is 28.0 Å². The van der Waals surface area contributed by atoms with Crippen molar-refractivity contribution in [2.24, 2.45) is 0 Å². The third-order valence-electron chi connectivity index (χ3n) is 6.36. The lowest BCUT2D eigenvalue weighted by Crippen LogP contribution is -2.32. The van der Waals surface area contributed by atoms with Gasteiger partial charge in [-0.15, -0.1) is 0 Å². The number of nitrogens with one attached hydrogen (secondary N) is 2. The number of aromatic amines is 2. The molecule has 8 nitrogen and oxygen atoms in total. The normalized spacial score (nSPS) is 17.9. The molecule has 0 unspecified atom stereocenters. The number of ether oxygens (including phenoxy) is 1. The summed E-state index contributed by atoms with van der Waals surface area (Å²) in [7, 11) is 0. The van der Waals surface area contributed by atoms with Gasteiger partial charge in [-0.3, -0.25) is 4.79 Å². The van der Waals surface area contributed by atoms with Crippen molar-refractivity contribution in [2.45, 2.75) is 25.7 Å². The van der Waals surface area contributed by atoms with Crippen molar-refractivity contribution in [2.75, 3.05) is 6.54 Å². The Balaban J connectivity index is 1.34. The average Bonchev–Trinajstić information content (AvgIpc) is 3.65. The van der Waals surface area contributed by atoms with E-state index in [9.17, 15) is 9.59 Å². The van der Waals surface area contributed by atoms with E-state index in [2.05, 4.69) is 31.3 Å². The van der Waals surface area contributed by atoms with Crippen LogP contribution in [0.4, 0.5) is 0 Å². The van der Waals surface area contributed by atoms with Gasteiger partial charge in [0.05, 0.1) is 16.7 Å². The summed E-state index contributed by atoms with van der Waals surface area (Å²) in [4.78, 5) is 32.1. The summed E-state index contributed by atoms with van der Waals surface area (Å²) in [6, 6.07) is 15.7. The van der Waals surface area contributed by atoms with Gasteiger partial charge in [0.15, 0.2) is 6.23 Å². The molecule has 3 aromatic heterocycles. The Morgan fingerprint density at radius 3 is 2.67 bits per heavy atom.